The number of aromatic nitrogens is 2. The molecule has 1 aromatic rings. The maximum Gasteiger partial charge on any atom is 0.390 e. The molecule has 0 saturated carbocycles. The zero-order valence-corrected chi connectivity index (χ0v) is 9.60. The van der Waals surface area contributed by atoms with E-state index in [2.05, 4.69) is 9.97 Å². The molecule has 0 aromatic carbocycles. The molecule has 1 aromatic heterocycles. The van der Waals surface area contributed by atoms with Crippen molar-refractivity contribution in [2.75, 3.05) is 18.5 Å². The minimum atomic E-state index is -4.17. The van der Waals surface area contributed by atoms with Gasteiger partial charge in [-0.05, 0) is 6.92 Å². The zero-order valence-electron chi connectivity index (χ0n) is 8.85. The Labute approximate surface area is 96.3 Å². The third kappa shape index (κ3) is 3.52. The van der Waals surface area contributed by atoms with Crippen molar-refractivity contribution in [3.05, 3.63) is 17.0 Å². The fourth-order valence-corrected chi connectivity index (χ4v) is 1.33. The second-order valence-corrected chi connectivity index (χ2v) is 3.76. The molecule has 0 N–H and O–H groups in total. The quantitative estimate of drug-likeness (QED) is 0.776. The molecule has 3 nitrogen and oxygen atoms in total. The summed E-state index contributed by atoms with van der Waals surface area (Å²) >= 11 is 5.75. The Balaban J connectivity index is 2.73. The van der Waals surface area contributed by atoms with Crippen molar-refractivity contribution in [2.24, 2.45) is 0 Å². The fraction of sp³-hybridized carbons (Fsp3) is 0.556. The van der Waals surface area contributed by atoms with E-state index in [9.17, 15) is 13.2 Å². The van der Waals surface area contributed by atoms with E-state index in [1.165, 1.54) is 18.3 Å². The smallest absolute Gasteiger partial charge is 0.359 e. The van der Waals surface area contributed by atoms with Gasteiger partial charge in [0.15, 0.2) is 0 Å². The Hall–Kier alpha value is -1.04. The Kier molecular flexibility index (Phi) is 3.96. The van der Waals surface area contributed by atoms with E-state index in [4.69, 9.17) is 11.6 Å². The number of rotatable bonds is 3. The normalized spacial score (nSPS) is 11.6. The van der Waals surface area contributed by atoms with Gasteiger partial charge < -0.3 is 4.90 Å². The minimum Gasteiger partial charge on any atom is -0.359 e. The first-order valence-electron chi connectivity index (χ1n) is 4.56. The summed E-state index contributed by atoms with van der Waals surface area (Å²) in [4.78, 5) is 9.05. The molecule has 0 fully saturated rings. The lowest BCUT2D eigenvalue weighted by molar-refractivity contribution is -0.132. The number of alkyl halides is 3. The van der Waals surface area contributed by atoms with Crippen molar-refractivity contribution in [3.63, 3.8) is 0 Å². The van der Waals surface area contributed by atoms with E-state index in [0.29, 0.717) is 11.4 Å². The van der Waals surface area contributed by atoms with Gasteiger partial charge in [-0.15, -0.1) is 0 Å². The van der Waals surface area contributed by atoms with Crippen LogP contribution in [0.15, 0.2) is 6.33 Å². The van der Waals surface area contributed by atoms with Crippen LogP contribution in [0.4, 0.5) is 19.0 Å². The highest BCUT2D eigenvalue weighted by Crippen LogP contribution is 2.24. The largest absolute Gasteiger partial charge is 0.390 e. The Bertz CT molecular complexity index is 368. The second-order valence-electron chi connectivity index (χ2n) is 3.40. The van der Waals surface area contributed by atoms with Gasteiger partial charge in [0, 0.05) is 19.2 Å². The predicted octanol–water partition coefficient (Wildman–Crippen LogP) is 2.83. The molecule has 7 heteroatoms. The average molecular weight is 254 g/mol. The standard InChI is InChI=1S/C9H11ClF3N3/c1-6-7(10)14-5-15-8(6)16(2)4-3-9(11,12)13/h5H,3-4H2,1-2H3. The van der Waals surface area contributed by atoms with Crippen LogP contribution in [0, 0.1) is 6.92 Å². The van der Waals surface area contributed by atoms with Gasteiger partial charge in [0.05, 0.1) is 6.42 Å². The second kappa shape index (κ2) is 4.86. The molecular formula is C9H11ClF3N3. The van der Waals surface area contributed by atoms with Crippen molar-refractivity contribution in [2.45, 2.75) is 19.5 Å². The van der Waals surface area contributed by atoms with Crippen LogP contribution < -0.4 is 4.90 Å². The summed E-state index contributed by atoms with van der Waals surface area (Å²) in [6.45, 7) is 1.51. The van der Waals surface area contributed by atoms with Gasteiger partial charge in [-0.25, -0.2) is 9.97 Å². The molecule has 0 aliphatic heterocycles. The molecule has 1 heterocycles. The lowest BCUT2D eigenvalue weighted by Gasteiger charge is -2.20. The molecule has 0 amide bonds. The van der Waals surface area contributed by atoms with E-state index in [1.807, 2.05) is 0 Å². The summed E-state index contributed by atoms with van der Waals surface area (Å²) in [5, 5.41) is 0.254. The molecule has 1 rings (SSSR count). The monoisotopic (exact) mass is 253 g/mol. The first kappa shape index (κ1) is 13.0. The van der Waals surface area contributed by atoms with E-state index >= 15 is 0 Å². The molecule has 0 unspecified atom stereocenters. The maximum atomic E-state index is 12.0. The predicted molar refractivity (Wildman–Crippen MR) is 55.7 cm³/mol. The molecule has 0 aliphatic rings. The van der Waals surface area contributed by atoms with Crippen molar-refractivity contribution >= 4 is 17.4 Å². The van der Waals surface area contributed by atoms with Gasteiger partial charge in [0.1, 0.15) is 17.3 Å². The number of anilines is 1. The molecule has 0 radical (unpaired) electrons. The third-order valence-corrected chi connectivity index (χ3v) is 2.47. The highest BCUT2D eigenvalue weighted by molar-refractivity contribution is 6.30. The highest BCUT2D eigenvalue weighted by Gasteiger charge is 2.27. The fourth-order valence-electron chi connectivity index (χ4n) is 1.21. The van der Waals surface area contributed by atoms with Crippen LogP contribution in [0.5, 0.6) is 0 Å². The van der Waals surface area contributed by atoms with Crippen molar-refractivity contribution < 1.29 is 13.2 Å². The summed E-state index contributed by atoms with van der Waals surface area (Å²) in [7, 11) is 1.54. The van der Waals surface area contributed by atoms with Crippen molar-refractivity contribution in [1.82, 2.24) is 9.97 Å². The third-order valence-electron chi connectivity index (χ3n) is 2.09. The van der Waals surface area contributed by atoms with E-state index in [0.717, 1.165) is 0 Å². The SMILES string of the molecule is Cc1c(Cl)ncnc1N(C)CCC(F)(F)F. The Morgan fingerprint density at radius 1 is 1.38 bits per heavy atom. The first-order valence-corrected chi connectivity index (χ1v) is 4.94. The van der Waals surface area contributed by atoms with Gasteiger partial charge in [0.2, 0.25) is 0 Å². The molecule has 0 aliphatic carbocycles. The summed E-state index contributed by atoms with van der Waals surface area (Å²) < 4.78 is 36.1. The lowest BCUT2D eigenvalue weighted by Crippen LogP contribution is -2.25. The van der Waals surface area contributed by atoms with E-state index < -0.39 is 12.6 Å². The van der Waals surface area contributed by atoms with E-state index in [-0.39, 0.29) is 11.7 Å². The number of hydrogen-bond donors (Lipinski definition) is 0. The van der Waals surface area contributed by atoms with Crippen LogP contribution >= 0.6 is 11.6 Å². The van der Waals surface area contributed by atoms with Crippen LogP contribution in [0.2, 0.25) is 5.15 Å². The minimum absolute atomic E-state index is 0.155. The van der Waals surface area contributed by atoms with Gasteiger partial charge in [-0.2, -0.15) is 13.2 Å². The topological polar surface area (TPSA) is 29.0 Å². The summed E-state index contributed by atoms with van der Waals surface area (Å²) in [6.07, 6.45) is -3.82. The molecule has 0 spiro atoms. The van der Waals surface area contributed by atoms with Crippen molar-refractivity contribution in [1.29, 1.82) is 0 Å². The van der Waals surface area contributed by atoms with Crippen molar-refractivity contribution in [3.8, 4) is 0 Å². The molecule has 0 atom stereocenters. The number of halogens is 4. The van der Waals surface area contributed by atoms with Gasteiger partial charge in [0.25, 0.3) is 0 Å². The zero-order chi connectivity index (χ0) is 12.3. The van der Waals surface area contributed by atoms with Crippen LogP contribution in [0.3, 0.4) is 0 Å². The van der Waals surface area contributed by atoms with Crippen LogP contribution in [-0.2, 0) is 0 Å². The van der Waals surface area contributed by atoms with Crippen LogP contribution in [0.1, 0.15) is 12.0 Å². The molecule has 0 bridgehead atoms. The summed E-state index contributed by atoms with van der Waals surface area (Å²) in [6, 6.07) is 0. The number of hydrogen-bond acceptors (Lipinski definition) is 3. The molecular weight excluding hydrogens is 243 g/mol. The molecule has 16 heavy (non-hydrogen) atoms. The molecule has 90 valence electrons. The molecule has 0 saturated heterocycles. The Morgan fingerprint density at radius 3 is 2.56 bits per heavy atom. The highest BCUT2D eigenvalue weighted by atomic mass is 35.5. The van der Waals surface area contributed by atoms with Crippen LogP contribution in [0.25, 0.3) is 0 Å². The number of nitrogens with zero attached hydrogens (tertiary/aromatic N) is 3. The van der Waals surface area contributed by atoms with Gasteiger partial charge >= 0.3 is 6.18 Å². The van der Waals surface area contributed by atoms with Crippen LogP contribution in [-0.4, -0.2) is 29.7 Å². The Morgan fingerprint density at radius 2 is 2.00 bits per heavy atom. The summed E-state index contributed by atoms with van der Waals surface area (Å²) in [5.74, 6) is 0.421. The van der Waals surface area contributed by atoms with Gasteiger partial charge in [-0.1, -0.05) is 11.6 Å². The summed E-state index contributed by atoms with van der Waals surface area (Å²) in [5.41, 5.74) is 0.578. The van der Waals surface area contributed by atoms with Gasteiger partial charge in [-0.3, -0.25) is 0 Å². The average Bonchev–Trinajstić information content (AvgIpc) is 2.17. The maximum absolute atomic E-state index is 12.0. The lowest BCUT2D eigenvalue weighted by atomic mass is 10.3. The van der Waals surface area contributed by atoms with E-state index in [1.54, 1.807) is 6.92 Å². The first-order chi connectivity index (χ1) is 7.31.